The summed E-state index contributed by atoms with van der Waals surface area (Å²) in [7, 11) is 0. The molecule has 2 saturated heterocycles. The van der Waals surface area contributed by atoms with E-state index in [1.165, 1.54) is 12.2 Å². The van der Waals surface area contributed by atoms with E-state index in [1.54, 1.807) is 0 Å². The van der Waals surface area contributed by atoms with Gasteiger partial charge >= 0.3 is 6.03 Å². The normalized spacial score (nSPS) is 26.6. The summed E-state index contributed by atoms with van der Waals surface area (Å²) in [5, 5.41) is 3.15. The smallest absolute Gasteiger partial charge is 0.317 e. The number of nitrogens with one attached hydrogen (secondary N) is 1. The minimum atomic E-state index is -0.154. The molecule has 1 aromatic heterocycles. The van der Waals surface area contributed by atoms with Gasteiger partial charge in [-0.1, -0.05) is 0 Å². The van der Waals surface area contributed by atoms with Gasteiger partial charge in [0.2, 0.25) is 0 Å². The van der Waals surface area contributed by atoms with Crippen LogP contribution in [0.5, 0.6) is 0 Å². The number of furan rings is 1. The molecule has 0 unspecified atom stereocenters. The predicted octanol–water partition coefficient (Wildman–Crippen LogP) is 2.57. The van der Waals surface area contributed by atoms with Crippen LogP contribution >= 0.6 is 11.8 Å². The number of amides is 2. The SMILES string of the molecule is Cc1ccc([C@H]2CN(C(=O)N[C@H]3CCCSC3)CCO2)o1. The highest BCUT2D eigenvalue weighted by molar-refractivity contribution is 7.99. The first-order valence-electron chi connectivity index (χ1n) is 7.53. The number of carbonyl (C=O) groups is 1. The molecule has 1 aromatic rings. The van der Waals surface area contributed by atoms with Crippen LogP contribution in [0.2, 0.25) is 0 Å². The van der Waals surface area contributed by atoms with Gasteiger partial charge in [-0.05, 0) is 37.7 Å². The fourth-order valence-electron chi connectivity index (χ4n) is 2.75. The van der Waals surface area contributed by atoms with Crippen LogP contribution in [0.25, 0.3) is 0 Å². The molecule has 6 heteroatoms. The molecule has 5 nitrogen and oxygen atoms in total. The predicted molar refractivity (Wildman–Crippen MR) is 82.6 cm³/mol. The molecule has 0 saturated carbocycles. The zero-order chi connectivity index (χ0) is 14.7. The van der Waals surface area contributed by atoms with Crippen molar-refractivity contribution in [3.63, 3.8) is 0 Å². The summed E-state index contributed by atoms with van der Waals surface area (Å²) < 4.78 is 11.3. The highest BCUT2D eigenvalue weighted by Gasteiger charge is 2.28. The lowest BCUT2D eigenvalue weighted by Crippen LogP contribution is -2.50. The fraction of sp³-hybridized carbons (Fsp3) is 0.667. The van der Waals surface area contributed by atoms with Gasteiger partial charge in [0.25, 0.3) is 0 Å². The largest absolute Gasteiger partial charge is 0.464 e. The molecule has 0 spiro atoms. The van der Waals surface area contributed by atoms with Gasteiger partial charge in [0.15, 0.2) is 0 Å². The van der Waals surface area contributed by atoms with E-state index in [0.29, 0.717) is 25.7 Å². The minimum absolute atomic E-state index is 0.0269. The van der Waals surface area contributed by atoms with Crippen molar-refractivity contribution >= 4 is 17.8 Å². The molecule has 0 radical (unpaired) electrons. The first-order valence-corrected chi connectivity index (χ1v) is 8.69. The lowest BCUT2D eigenvalue weighted by atomic mass is 10.2. The number of hydrogen-bond acceptors (Lipinski definition) is 4. The number of hydrogen-bond donors (Lipinski definition) is 1. The molecule has 116 valence electrons. The van der Waals surface area contributed by atoms with E-state index in [4.69, 9.17) is 9.15 Å². The Hall–Kier alpha value is -1.14. The Morgan fingerprint density at radius 2 is 2.38 bits per heavy atom. The van der Waals surface area contributed by atoms with Crippen LogP contribution in [0, 0.1) is 6.92 Å². The molecule has 2 amide bonds. The van der Waals surface area contributed by atoms with E-state index < -0.39 is 0 Å². The van der Waals surface area contributed by atoms with Gasteiger partial charge < -0.3 is 19.4 Å². The second-order valence-electron chi connectivity index (χ2n) is 5.62. The van der Waals surface area contributed by atoms with Crippen LogP contribution in [0.3, 0.4) is 0 Å². The van der Waals surface area contributed by atoms with E-state index in [-0.39, 0.29) is 12.1 Å². The zero-order valence-corrected chi connectivity index (χ0v) is 13.2. The number of aryl methyl sites for hydroxylation is 1. The lowest BCUT2D eigenvalue weighted by Gasteiger charge is -2.33. The summed E-state index contributed by atoms with van der Waals surface area (Å²) in [6, 6.07) is 4.19. The van der Waals surface area contributed by atoms with Gasteiger partial charge in [0.05, 0.1) is 13.2 Å². The standard InChI is InChI=1S/C15H22N2O3S/c1-11-4-5-13(20-11)14-9-17(6-7-19-14)15(18)16-12-3-2-8-21-10-12/h4-5,12,14H,2-3,6-10H2,1H3,(H,16,18)/t12-,14+/m0/s1. The average molecular weight is 310 g/mol. The Balaban J connectivity index is 1.56. The summed E-state index contributed by atoms with van der Waals surface area (Å²) in [6.45, 7) is 3.66. The maximum atomic E-state index is 12.4. The van der Waals surface area contributed by atoms with E-state index in [9.17, 15) is 4.79 Å². The lowest BCUT2D eigenvalue weighted by molar-refractivity contribution is -0.0266. The van der Waals surface area contributed by atoms with Crippen LogP contribution in [0.15, 0.2) is 16.5 Å². The number of carbonyl (C=O) groups excluding carboxylic acids is 1. The van der Waals surface area contributed by atoms with E-state index >= 15 is 0 Å². The third kappa shape index (κ3) is 3.74. The van der Waals surface area contributed by atoms with Crippen LogP contribution < -0.4 is 5.32 Å². The Bertz CT molecular complexity index is 485. The van der Waals surface area contributed by atoms with Gasteiger partial charge in [-0.3, -0.25) is 0 Å². The van der Waals surface area contributed by atoms with Crippen molar-refractivity contribution in [1.82, 2.24) is 10.2 Å². The van der Waals surface area contributed by atoms with Crippen molar-refractivity contribution in [1.29, 1.82) is 0 Å². The van der Waals surface area contributed by atoms with E-state index in [2.05, 4.69) is 5.32 Å². The van der Waals surface area contributed by atoms with E-state index in [1.807, 2.05) is 35.7 Å². The molecule has 2 fully saturated rings. The number of morpholine rings is 1. The molecule has 0 bridgehead atoms. The van der Waals surface area contributed by atoms with Crippen molar-refractivity contribution < 1.29 is 13.9 Å². The number of nitrogens with zero attached hydrogens (tertiary/aromatic N) is 1. The molecule has 2 atom stereocenters. The summed E-state index contributed by atoms with van der Waals surface area (Å²) in [4.78, 5) is 14.2. The maximum absolute atomic E-state index is 12.4. The molecule has 0 aliphatic carbocycles. The van der Waals surface area contributed by atoms with Crippen molar-refractivity contribution in [3.8, 4) is 0 Å². The minimum Gasteiger partial charge on any atom is -0.464 e. The second kappa shape index (κ2) is 6.75. The molecule has 2 aliphatic rings. The zero-order valence-electron chi connectivity index (χ0n) is 12.3. The molecule has 3 heterocycles. The third-order valence-corrected chi connectivity index (χ3v) is 5.14. The summed E-state index contributed by atoms with van der Waals surface area (Å²) in [5.74, 6) is 3.91. The first kappa shape index (κ1) is 14.8. The summed E-state index contributed by atoms with van der Waals surface area (Å²) in [5.41, 5.74) is 0. The van der Waals surface area contributed by atoms with Crippen LogP contribution in [-0.4, -0.2) is 48.2 Å². The van der Waals surface area contributed by atoms with E-state index in [0.717, 1.165) is 23.7 Å². The molecule has 21 heavy (non-hydrogen) atoms. The van der Waals surface area contributed by atoms with Crippen molar-refractivity contribution in [2.45, 2.75) is 31.9 Å². The number of rotatable bonds is 2. The van der Waals surface area contributed by atoms with Crippen molar-refractivity contribution in [2.75, 3.05) is 31.2 Å². The Labute approximate surface area is 129 Å². The van der Waals surface area contributed by atoms with Crippen LogP contribution in [-0.2, 0) is 4.74 Å². The third-order valence-electron chi connectivity index (χ3n) is 3.92. The summed E-state index contributed by atoms with van der Waals surface area (Å²) in [6.07, 6.45) is 2.12. The Morgan fingerprint density at radius 1 is 1.48 bits per heavy atom. The molecular formula is C15H22N2O3S. The van der Waals surface area contributed by atoms with Gasteiger partial charge in [0, 0.05) is 18.3 Å². The van der Waals surface area contributed by atoms with Crippen molar-refractivity contribution in [2.24, 2.45) is 0 Å². The van der Waals surface area contributed by atoms with Gasteiger partial charge in [-0.15, -0.1) is 0 Å². The molecule has 2 aliphatic heterocycles. The monoisotopic (exact) mass is 310 g/mol. The second-order valence-corrected chi connectivity index (χ2v) is 6.77. The fourth-order valence-corrected chi connectivity index (χ4v) is 3.82. The average Bonchev–Trinajstić information content (AvgIpc) is 2.95. The van der Waals surface area contributed by atoms with Crippen LogP contribution in [0.1, 0.15) is 30.5 Å². The van der Waals surface area contributed by atoms with Crippen molar-refractivity contribution in [3.05, 3.63) is 23.7 Å². The van der Waals surface area contributed by atoms with Gasteiger partial charge in [-0.25, -0.2) is 4.79 Å². The molecule has 0 aromatic carbocycles. The number of thioether (sulfide) groups is 1. The first-order chi connectivity index (χ1) is 10.2. The maximum Gasteiger partial charge on any atom is 0.317 e. The highest BCUT2D eigenvalue weighted by atomic mass is 32.2. The molecule has 3 rings (SSSR count). The van der Waals surface area contributed by atoms with Gasteiger partial charge in [-0.2, -0.15) is 11.8 Å². The van der Waals surface area contributed by atoms with Crippen LogP contribution in [0.4, 0.5) is 4.79 Å². The Morgan fingerprint density at radius 3 is 3.10 bits per heavy atom. The van der Waals surface area contributed by atoms with Gasteiger partial charge in [0.1, 0.15) is 17.6 Å². The summed E-state index contributed by atoms with van der Waals surface area (Å²) >= 11 is 1.92. The highest BCUT2D eigenvalue weighted by Crippen LogP contribution is 2.24. The number of urea groups is 1. The quantitative estimate of drug-likeness (QED) is 0.912. The number of ether oxygens (including phenoxy) is 1. The Kier molecular flexibility index (Phi) is 4.75. The molecular weight excluding hydrogens is 288 g/mol. The molecule has 1 N–H and O–H groups in total. The topological polar surface area (TPSA) is 54.7 Å².